The largest absolute Gasteiger partial charge is 0.490 e. The first-order chi connectivity index (χ1) is 10.4. The van der Waals surface area contributed by atoms with Crippen LogP contribution in [0.4, 0.5) is 0 Å². The van der Waals surface area contributed by atoms with E-state index >= 15 is 0 Å². The molecule has 6 nitrogen and oxygen atoms in total. The average Bonchev–Trinajstić information content (AvgIpc) is 2.92. The van der Waals surface area contributed by atoms with Crippen LogP contribution in [0.3, 0.4) is 0 Å². The van der Waals surface area contributed by atoms with Gasteiger partial charge in [-0.25, -0.2) is 17.4 Å². The molecule has 0 unspecified atom stereocenters. The average molecular weight is 389 g/mol. The second-order valence-electron chi connectivity index (χ2n) is 4.46. The van der Waals surface area contributed by atoms with Gasteiger partial charge in [0, 0.05) is 18.0 Å². The quantitative estimate of drug-likeness (QED) is 0.760. The fourth-order valence-corrected chi connectivity index (χ4v) is 3.30. The molecule has 2 rings (SSSR count). The highest BCUT2D eigenvalue weighted by Gasteiger charge is 2.18. The molecule has 0 N–H and O–H groups in total. The van der Waals surface area contributed by atoms with E-state index in [0.717, 1.165) is 10.2 Å². The molecule has 0 bridgehead atoms. The summed E-state index contributed by atoms with van der Waals surface area (Å²) in [6.45, 7) is 4.71. The van der Waals surface area contributed by atoms with Crippen molar-refractivity contribution in [1.29, 1.82) is 0 Å². The van der Waals surface area contributed by atoms with Gasteiger partial charge in [-0.3, -0.25) is 0 Å². The minimum Gasteiger partial charge on any atom is -0.490 e. The Morgan fingerprint density at radius 3 is 2.50 bits per heavy atom. The van der Waals surface area contributed by atoms with E-state index in [1.165, 1.54) is 12.4 Å². The number of nitrogens with zero attached hydrogens (tertiary/aromatic N) is 2. The van der Waals surface area contributed by atoms with Crippen molar-refractivity contribution >= 4 is 26.0 Å². The maximum absolute atomic E-state index is 11.8. The number of rotatable bonds is 6. The topological polar surface area (TPSA) is 70.4 Å². The van der Waals surface area contributed by atoms with E-state index in [0.29, 0.717) is 40.6 Å². The summed E-state index contributed by atoms with van der Waals surface area (Å²) in [7, 11) is -3.43. The smallest absolute Gasteiger partial charge is 0.237 e. The molecule has 0 spiro atoms. The van der Waals surface area contributed by atoms with Crippen molar-refractivity contribution < 1.29 is 17.9 Å². The zero-order valence-electron chi connectivity index (χ0n) is 12.5. The lowest BCUT2D eigenvalue weighted by Crippen LogP contribution is -2.10. The monoisotopic (exact) mass is 388 g/mol. The fraction of sp³-hybridized carbons (Fsp3) is 0.357. The van der Waals surface area contributed by atoms with E-state index in [4.69, 9.17) is 9.47 Å². The van der Waals surface area contributed by atoms with Crippen molar-refractivity contribution in [3.05, 3.63) is 29.0 Å². The van der Waals surface area contributed by atoms with E-state index in [1.807, 2.05) is 13.8 Å². The molecule has 0 aliphatic heterocycles. The summed E-state index contributed by atoms with van der Waals surface area (Å²) >= 11 is 3.44. The standard InChI is InChI=1S/C14H17BrN2O4S/c1-4-20-12-9-10(8-11(15)13(12)21-5-2)14-16-6-7-17(14)22(3,18)19/h6-9H,4-5H2,1-3H3. The van der Waals surface area contributed by atoms with Crippen molar-refractivity contribution in [1.82, 2.24) is 8.96 Å². The zero-order valence-corrected chi connectivity index (χ0v) is 14.9. The van der Waals surface area contributed by atoms with Crippen molar-refractivity contribution in [3.63, 3.8) is 0 Å². The highest BCUT2D eigenvalue weighted by atomic mass is 79.9. The van der Waals surface area contributed by atoms with E-state index in [1.54, 1.807) is 12.1 Å². The number of imidazole rings is 1. The third kappa shape index (κ3) is 3.44. The Morgan fingerprint density at radius 1 is 1.23 bits per heavy atom. The second-order valence-corrected chi connectivity index (χ2v) is 7.17. The highest BCUT2D eigenvalue weighted by molar-refractivity contribution is 9.10. The third-order valence-electron chi connectivity index (χ3n) is 2.82. The Kier molecular flexibility index (Phi) is 5.12. The van der Waals surface area contributed by atoms with E-state index in [9.17, 15) is 8.42 Å². The Morgan fingerprint density at radius 2 is 1.91 bits per heavy atom. The summed E-state index contributed by atoms with van der Waals surface area (Å²) in [5, 5.41) is 0. The molecule has 0 radical (unpaired) electrons. The Labute approximate surface area is 138 Å². The minimum atomic E-state index is -3.43. The maximum Gasteiger partial charge on any atom is 0.237 e. The zero-order chi connectivity index (χ0) is 16.3. The summed E-state index contributed by atoms with van der Waals surface area (Å²) in [4.78, 5) is 4.14. The van der Waals surface area contributed by atoms with Crippen molar-refractivity contribution in [3.8, 4) is 22.9 Å². The molecule has 0 fully saturated rings. The predicted octanol–water partition coefficient (Wildman–Crippen LogP) is 2.92. The normalized spacial score (nSPS) is 11.5. The van der Waals surface area contributed by atoms with Gasteiger partial charge in [-0.1, -0.05) is 0 Å². The fourth-order valence-electron chi connectivity index (χ4n) is 2.01. The highest BCUT2D eigenvalue weighted by Crippen LogP contribution is 2.39. The molecule has 0 aliphatic carbocycles. The molecule has 0 amide bonds. The first-order valence-corrected chi connectivity index (χ1v) is 9.36. The lowest BCUT2D eigenvalue weighted by Gasteiger charge is -2.14. The second kappa shape index (κ2) is 6.70. The SMILES string of the molecule is CCOc1cc(-c2nccn2S(C)(=O)=O)cc(Br)c1OCC. The number of hydrogen-bond donors (Lipinski definition) is 0. The molecule has 120 valence electrons. The predicted molar refractivity (Wildman–Crippen MR) is 87.9 cm³/mol. The van der Waals surface area contributed by atoms with Gasteiger partial charge >= 0.3 is 0 Å². The van der Waals surface area contributed by atoms with Crippen LogP contribution in [0, 0.1) is 0 Å². The lowest BCUT2D eigenvalue weighted by atomic mass is 10.2. The molecule has 0 saturated carbocycles. The van der Waals surface area contributed by atoms with E-state index in [-0.39, 0.29) is 0 Å². The lowest BCUT2D eigenvalue weighted by molar-refractivity contribution is 0.286. The molecule has 0 aliphatic rings. The van der Waals surface area contributed by atoms with Gasteiger partial charge in [0.25, 0.3) is 0 Å². The maximum atomic E-state index is 11.8. The van der Waals surface area contributed by atoms with Crippen LogP contribution in [0.1, 0.15) is 13.8 Å². The Balaban J connectivity index is 2.60. The molecule has 1 aromatic heterocycles. The van der Waals surface area contributed by atoms with Gasteiger partial charge in [0.05, 0.1) is 23.9 Å². The first-order valence-electron chi connectivity index (χ1n) is 6.71. The van der Waals surface area contributed by atoms with Gasteiger partial charge in [-0.2, -0.15) is 0 Å². The molecule has 8 heteroatoms. The number of halogens is 1. The Bertz CT molecular complexity index is 771. The first kappa shape index (κ1) is 16.8. The molecular weight excluding hydrogens is 372 g/mol. The molecule has 22 heavy (non-hydrogen) atoms. The Hall–Kier alpha value is -1.54. The number of aromatic nitrogens is 2. The summed E-state index contributed by atoms with van der Waals surface area (Å²) in [6.07, 6.45) is 3.99. The summed E-state index contributed by atoms with van der Waals surface area (Å²) in [6, 6.07) is 3.49. The van der Waals surface area contributed by atoms with Crippen molar-refractivity contribution in [2.45, 2.75) is 13.8 Å². The van der Waals surface area contributed by atoms with E-state index < -0.39 is 10.0 Å². The van der Waals surface area contributed by atoms with Crippen LogP contribution in [-0.2, 0) is 10.0 Å². The van der Waals surface area contributed by atoms with Crippen LogP contribution in [0.25, 0.3) is 11.4 Å². The van der Waals surface area contributed by atoms with Gasteiger partial charge < -0.3 is 9.47 Å². The van der Waals surface area contributed by atoms with Gasteiger partial charge in [0.15, 0.2) is 17.3 Å². The molecular formula is C14H17BrN2O4S. The van der Waals surface area contributed by atoms with Crippen LogP contribution in [0.15, 0.2) is 29.0 Å². The van der Waals surface area contributed by atoms with Crippen LogP contribution < -0.4 is 9.47 Å². The van der Waals surface area contributed by atoms with Crippen molar-refractivity contribution in [2.24, 2.45) is 0 Å². The number of ether oxygens (including phenoxy) is 2. The van der Waals surface area contributed by atoms with E-state index in [2.05, 4.69) is 20.9 Å². The van der Waals surface area contributed by atoms with Crippen molar-refractivity contribution in [2.75, 3.05) is 19.5 Å². The summed E-state index contributed by atoms with van der Waals surface area (Å²) < 4.78 is 36.6. The summed E-state index contributed by atoms with van der Waals surface area (Å²) in [5.41, 5.74) is 0.620. The molecule has 0 saturated heterocycles. The minimum absolute atomic E-state index is 0.326. The third-order valence-corrected chi connectivity index (χ3v) is 4.42. The molecule has 1 aromatic carbocycles. The van der Waals surface area contributed by atoms with Gasteiger partial charge in [-0.15, -0.1) is 0 Å². The van der Waals surface area contributed by atoms with Crippen LogP contribution in [-0.4, -0.2) is 36.8 Å². The van der Waals surface area contributed by atoms with Crippen LogP contribution in [0.2, 0.25) is 0 Å². The molecule has 2 aromatic rings. The van der Waals surface area contributed by atoms with Gasteiger partial charge in [0.2, 0.25) is 10.0 Å². The summed E-state index contributed by atoms with van der Waals surface area (Å²) in [5.74, 6) is 1.45. The molecule has 0 atom stereocenters. The number of hydrogen-bond acceptors (Lipinski definition) is 5. The van der Waals surface area contributed by atoms with Crippen LogP contribution >= 0.6 is 15.9 Å². The molecule has 1 heterocycles. The van der Waals surface area contributed by atoms with Gasteiger partial charge in [0.1, 0.15) is 0 Å². The van der Waals surface area contributed by atoms with Crippen LogP contribution in [0.5, 0.6) is 11.5 Å². The number of benzene rings is 1. The van der Waals surface area contributed by atoms with Gasteiger partial charge in [-0.05, 0) is 41.9 Å².